The van der Waals surface area contributed by atoms with E-state index in [-0.39, 0.29) is 16.5 Å². The number of anilines is 2. The number of hydrogen-bond donors (Lipinski definition) is 3. The lowest BCUT2D eigenvalue weighted by Crippen LogP contribution is -2.39. The van der Waals surface area contributed by atoms with Crippen molar-refractivity contribution in [2.24, 2.45) is 5.14 Å². The van der Waals surface area contributed by atoms with Crippen molar-refractivity contribution in [2.75, 3.05) is 43.1 Å². The van der Waals surface area contributed by atoms with Gasteiger partial charge in [0, 0.05) is 37.4 Å². The Labute approximate surface area is 218 Å². The van der Waals surface area contributed by atoms with Gasteiger partial charge < -0.3 is 25.0 Å². The Hall–Kier alpha value is -2.92. The zero-order valence-corrected chi connectivity index (χ0v) is 22.4. The van der Waals surface area contributed by atoms with Gasteiger partial charge in [0.15, 0.2) is 0 Å². The number of fused-ring (bicyclic) bond motifs is 1. The second-order valence-corrected chi connectivity index (χ2v) is 11.9. The normalized spacial score (nSPS) is 18.4. The van der Waals surface area contributed by atoms with Crippen molar-refractivity contribution in [3.05, 3.63) is 52.4 Å². The molecule has 9 nitrogen and oxygen atoms in total. The Morgan fingerprint density at radius 3 is 2.59 bits per heavy atom. The molecular formula is C27H36N4O5S. The summed E-state index contributed by atoms with van der Waals surface area (Å²) >= 11 is 0. The summed E-state index contributed by atoms with van der Waals surface area (Å²) in [5, 5.41) is 20.6. The second-order valence-electron chi connectivity index (χ2n) is 10.3. The van der Waals surface area contributed by atoms with Gasteiger partial charge in [0.1, 0.15) is 0 Å². The van der Waals surface area contributed by atoms with E-state index >= 15 is 0 Å². The highest BCUT2D eigenvalue weighted by Gasteiger charge is 2.21. The molecule has 0 radical (unpaired) electrons. The largest absolute Gasteiger partial charge is 0.390 e. The van der Waals surface area contributed by atoms with Gasteiger partial charge in [-0.2, -0.15) is 0 Å². The van der Waals surface area contributed by atoms with Crippen molar-refractivity contribution >= 4 is 39.6 Å². The van der Waals surface area contributed by atoms with Crippen LogP contribution < -0.4 is 25.8 Å². The molecule has 37 heavy (non-hydrogen) atoms. The summed E-state index contributed by atoms with van der Waals surface area (Å²) in [4.78, 5) is 17.6. The molecule has 1 unspecified atom stereocenters. The number of ether oxygens (including phenoxy) is 1. The van der Waals surface area contributed by atoms with Crippen LogP contribution in [-0.2, 0) is 14.8 Å². The number of nitrogens with two attached hydrogens (primary N) is 1. The minimum Gasteiger partial charge on any atom is -0.390 e. The molecule has 0 aliphatic carbocycles. The lowest BCUT2D eigenvalue weighted by Gasteiger charge is -2.31. The van der Waals surface area contributed by atoms with Crippen molar-refractivity contribution in [1.29, 1.82) is 0 Å². The van der Waals surface area contributed by atoms with Gasteiger partial charge >= 0.3 is 0 Å². The fourth-order valence-electron chi connectivity index (χ4n) is 4.51. The van der Waals surface area contributed by atoms with E-state index in [0.29, 0.717) is 45.0 Å². The zero-order chi connectivity index (χ0) is 26.8. The van der Waals surface area contributed by atoms with E-state index in [1.165, 1.54) is 18.2 Å². The Morgan fingerprint density at radius 2 is 1.92 bits per heavy atom. The highest BCUT2D eigenvalue weighted by atomic mass is 32.2. The van der Waals surface area contributed by atoms with Gasteiger partial charge in [-0.1, -0.05) is 12.1 Å². The number of carbonyl (C=O) groups is 1. The lowest BCUT2D eigenvalue weighted by atomic mass is 10.0. The number of carbonyl (C=O) groups excluding carboxylic acids is 1. The molecule has 2 heterocycles. The molecule has 1 atom stereocenters. The summed E-state index contributed by atoms with van der Waals surface area (Å²) in [5.41, 5.74) is 0.955. The number of amides is 1. The third kappa shape index (κ3) is 6.89. The SMILES string of the molecule is CC1CC=c2cc(N3CCOCC3)c(NC(=O)c3cccc(S(N)(=O)=O)c3)cc2=CN1CCC(C)(C)O. The van der Waals surface area contributed by atoms with Gasteiger partial charge in [0.2, 0.25) is 10.0 Å². The maximum absolute atomic E-state index is 13.2. The molecule has 2 aromatic carbocycles. The Bertz CT molecular complexity index is 1380. The van der Waals surface area contributed by atoms with Crippen LogP contribution in [0.5, 0.6) is 0 Å². The van der Waals surface area contributed by atoms with Crippen molar-refractivity contribution < 1.29 is 23.1 Å². The van der Waals surface area contributed by atoms with Crippen molar-refractivity contribution in [3.8, 4) is 0 Å². The number of morpholine rings is 1. The molecule has 0 saturated carbocycles. The fraction of sp³-hybridized carbons (Fsp3) is 0.444. The van der Waals surface area contributed by atoms with E-state index in [2.05, 4.69) is 40.4 Å². The monoisotopic (exact) mass is 528 g/mol. The first kappa shape index (κ1) is 27.1. The Kier molecular flexibility index (Phi) is 7.94. The molecular weight excluding hydrogens is 492 g/mol. The standard InChI is InChI=1S/C27H36N4O5S/c1-19-7-8-20-17-25(30-11-13-36-14-12-30)24(16-22(20)18-31(19)10-9-27(2,3)33)29-26(32)21-5-4-6-23(15-21)37(28,34)35/h4-6,8,15-19,33H,7,9-14H2,1-3H3,(H,29,32)(H2,28,34,35). The third-order valence-corrected chi connectivity index (χ3v) is 7.67. The molecule has 10 heteroatoms. The molecule has 1 saturated heterocycles. The number of nitrogens with one attached hydrogen (secondary N) is 1. The molecule has 1 amide bonds. The smallest absolute Gasteiger partial charge is 0.255 e. The van der Waals surface area contributed by atoms with E-state index in [1.54, 1.807) is 6.07 Å². The summed E-state index contributed by atoms with van der Waals surface area (Å²) in [6.45, 7) is 9.06. The summed E-state index contributed by atoms with van der Waals surface area (Å²) in [6, 6.07) is 10.0. The molecule has 2 aromatic rings. The molecule has 2 aliphatic rings. The zero-order valence-electron chi connectivity index (χ0n) is 21.6. The molecule has 200 valence electrons. The first-order valence-electron chi connectivity index (χ1n) is 12.5. The number of sulfonamides is 1. The van der Waals surface area contributed by atoms with Crippen LogP contribution in [0, 0.1) is 0 Å². The fourth-order valence-corrected chi connectivity index (χ4v) is 5.07. The van der Waals surface area contributed by atoms with Crippen LogP contribution in [0.3, 0.4) is 0 Å². The number of rotatable bonds is 7. The number of hydrogen-bond acceptors (Lipinski definition) is 7. The highest BCUT2D eigenvalue weighted by Crippen LogP contribution is 2.25. The molecule has 0 bridgehead atoms. The van der Waals surface area contributed by atoms with Crippen LogP contribution >= 0.6 is 0 Å². The number of aliphatic hydroxyl groups is 1. The van der Waals surface area contributed by atoms with Gasteiger partial charge in [-0.15, -0.1) is 0 Å². The predicted molar refractivity (Wildman–Crippen MR) is 145 cm³/mol. The van der Waals surface area contributed by atoms with Gasteiger partial charge in [-0.3, -0.25) is 4.79 Å². The average Bonchev–Trinajstić information content (AvgIpc) is 3.00. The molecule has 0 spiro atoms. The van der Waals surface area contributed by atoms with E-state index in [4.69, 9.17) is 9.88 Å². The maximum atomic E-state index is 13.2. The van der Waals surface area contributed by atoms with Crippen molar-refractivity contribution in [1.82, 2.24) is 4.90 Å². The maximum Gasteiger partial charge on any atom is 0.255 e. The topological polar surface area (TPSA) is 125 Å². The van der Waals surface area contributed by atoms with Gasteiger partial charge in [0.05, 0.1) is 35.1 Å². The minimum absolute atomic E-state index is 0.116. The molecule has 4 N–H and O–H groups in total. The minimum atomic E-state index is -3.94. The second kappa shape index (κ2) is 10.8. The van der Waals surface area contributed by atoms with Crippen LogP contribution in [0.1, 0.15) is 44.0 Å². The summed E-state index contributed by atoms with van der Waals surface area (Å²) in [7, 11) is -3.94. The van der Waals surface area contributed by atoms with E-state index < -0.39 is 21.5 Å². The summed E-state index contributed by atoms with van der Waals surface area (Å²) in [6.07, 6.45) is 5.78. The molecule has 4 rings (SSSR count). The third-order valence-electron chi connectivity index (χ3n) is 6.76. The van der Waals surface area contributed by atoms with Gasteiger partial charge in [-0.05, 0) is 74.4 Å². The van der Waals surface area contributed by atoms with Crippen LogP contribution in [0.15, 0.2) is 41.3 Å². The van der Waals surface area contributed by atoms with E-state index in [9.17, 15) is 18.3 Å². The summed E-state index contributed by atoms with van der Waals surface area (Å²) < 4.78 is 29.1. The first-order chi connectivity index (χ1) is 17.4. The van der Waals surface area contributed by atoms with E-state index in [0.717, 1.165) is 22.5 Å². The average molecular weight is 529 g/mol. The van der Waals surface area contributed by atoms with Crippen LogP contribution in [0.4, 0.5) is 11.4 Å². The molecule has 2 aliphatic heterocycles. The van der Waals surface area contributed by atoms with Crippen molar-refractivity contribution in [3.63, 3.8) is 0 Å². The Morgan fingerprint density at radius 1 is 1.19 bits per heavy atom. The molecule has 0 aromatic heterocycles. The lowest BCUT2D eigenvalue weighted by molar-refractivity contribution is 0.0617. The predicted octanol–water partition coefficient (Wildman–Crippen LogP) is 1.20. The number of primary sulfonamides is 1. The van der Waals surface area contributed by atoms with Gasteiger partial charge in [0.25, 0.3) is 5.91 Å². The van der Waals surface area contributed by atoms with Crippen LogP contribution in [0.2, 0.25) is 0 Å². The van der Waals surface area contributed by atoms with Crippen LogP contribution in [-0.4, -0.2) is 68.8 Å². The number of benzene rings is 2. The summed E-state index contributed by atoms with van der Waals surface area (Å²) in [5.74, 6) is -0.426. The molecule has 1 fully saturated rings. The number of nitrogens with zero attached hydrogens (tertiary/aromatic N) is 2. The van der Waals surface area contributed by atoms with E-state index in [1.807, 2.05) is 19.9 Å². The first-order valence-corrected chi connectivity index (χ1v) is 14.1. The highest BCUT2D eigenvalue weighted by molar-refractivity contribution is 7.89. The van der Waals surface area contributed by atoms with Crippen molar-refractivity contribution in [2.45, 2.75) is 50.2 Å². The quantitative estimate of drug-likeness (QED) is 0.493. The van der Waals surface area contributed by atoms with Gasteiger partial charge in [-0.25, -0.2) is 13.6 Å². The Balaban J connectivity index is 1.75. The van der Waals surface area contributed by atoms with Crippen LogP contribution in [0.25, 0.3) is 12.3 Å².